The second kappa shape index (κ2) is 7.71. The zero-order valence-corrected chi connectivity index (χ0v) is 14.7. The molecule has 5 nitrogen and oxygen atoms in total. The van der Waals surface area contributed by atoms with E-state index in [-0.39, 0.29) is 6.03 Å². The van der Waals surface area contributed by atoms with Crippen molar-refractivity contribution < 1.29 is 4.79 Å². The molecule has 0 bridgehead atoms. The van der Waals surface area contributed by atoms with E-state index in [0.717, 1.165) is 45.6 Å². The molecule has 2 heterocycles. The fourth-order valence-corrected chi connectivity index (χ4v) is 3.57. The van der Waals surface area contributed by atoms with Crippen LogP contribution in [0.1, 0.15) is 12.8 Å². The molecule has 5 heteroatoms. The third kappa shape index (κ3) is 4.09. The summed E-state index contributed by atoms with van der Waals surface area (Å²) in [6, 6.07) is 10.6. The maximum absolute atomic E-state index is 12.2. The standard InChI is InChI=1S/C19H28N4O/c1-21(2)14-16-8-12-23(15-16)19(24)20-10-5-11-22-13-9-17-6-3-4-7-18(17)22/h3-4,6-7,9,13,16H,5,8,10-12,14-15H2,1-2H3,(H,20,24)/t16-/m0/s1. The van der Waals surface area contributed by atoms with Gasteiger partial charge in [0.15, 0.2) is 0 Å². The molecule has 2 aromatic rings. The van der Waals surface area contributed by atoms with Gasteiger partial charge in [-0.3, -0.25) is 0 Å². The molecule has 0 aliphatic carbocycles. The first kappa shape index (κ1) is 16.8. The zero-order chi connectivity index (χ0) is 16.9. The first-order chi connectivity index (χ1) is 11.6. The lowest BCUT2D eigenvalue weighted by Gasteiger charge is -2.19. The summed E-state index contributed by atoms with van der Waals surface area (Å²) in [5, 5.41) is 4.34. The van der Waals surface area contributed by atoms with Crippen LogP contribution in [0.5, 0.6) is 0 Å². The summed E-state index contributed by atoms with van der Waals surface area (Å²) in [6.07, 6.45) is 4.18. The lowest BCUT2D eigenvalue weighted by molar-refractivity contribution is 0.205. The molecule has 0 spiro atoms. The number of para-hydroxylation sites is 1. The molecule has 1 saturated heterocycles. The predicted octanol–water partition coefficient (Wildman–Crippen LogP) is 2.62. The molecule has 1 N–H and O–H groups in total. The van der Waals surface area contributed by atoms with Crippen LogP contribution in [0.3, 0.4) is 0 Å². The van der Waals surface area contributed by atoms with Crippen LogP contribution in [0, 0.1) is 5.92 Å². The van der Waals surface area contributed by atoms with Gasteiger partial charge in [-0.2, -0.15) is 0 Å². The third-order valence-electron chi connectivity index (χ3n) is 4.73. The Kier molecular flexibility index (Phi) is 5.41. The quantitative estimate of drug-likeness (QED) is 0.828. The van der Waals surface area contributed by atoms with E-state index < -0.39 is 0 Å². The van der Waals surface area contributed by atoms with E-state index in [4.69, 9.17) is 0 Å². The summed E-state index contributed by atoms with van der Waals surface area (Å²) in [6.45, 7) is 4.47. The van der Waals surface area contributed by atoms with Gasteiger partial charge in [-0.1, -0.05) is 18.2 Å². The van der Waals surface area contributed by atoms with E-state index in [2.05, 4.69) is 65.4 Å². The summed E-state index contributed by atoms with van der Waals surface area (Å²) in [4.78, 5) is 16.4. The van der Waals surface area contributed by atoms with Gasteiger partial charge >= 0.3 is 6.03 Å². The number of benzene rings is 1. The highest BCUT2D eigenvalue weighted by atomic mass is 16.2. The maximum Gasteiger partial charge on any atom is 0.317 e. The topological polar surface area (TPSA) is 40.5 Å². The number of fused-ring (bicyclic) bond motifs is 1. The van der Waals surface area contributed by atoms with Crippen LogP contribution in [0.2, 0.25) is 0 Å². The van der Waals surface area contributed by atoms with E-state index in [9.17, 15) is 4.79 Å². The number of aryl methyl sites for hydroxylation is 1. The van der Waals surface area contributed by atoms with Crippen LogP contribution in [-0.2, 0) is 6.54 Å². The lowest BCUT2D eigenvalue weighted by Crippen LogP contribution is -2.39. The summed E-state index contributed by atoms with van der Waals surface area (Å²) < 4.78 is 2.25. The van der Waals surface area contributed by atoms with E-state index >= 15 is 0 Å². The molecule has 2 amide bonds. The van der Waals surface area contributed by atoms with Gasteiger partial charge < -0.3 is 19.7 Å². The molecule has 0 radical (unpaired) electrons. The van der Waals surface area contributed by atoms with Crippen molar-refractivity contribution in [2.45, 2.75) is 19.4 Å². The first-order valence-corrected chi connectivity index (χ1v) is 8.85. The van der Waals surface area contributed by atoms with Crippen molar-refractivity contribution in [3.8, 4) is 0 Å². The molecular weight excluding hydrogens is 300 g/mol. The van der Waals surface area contributed by atoms with E-state index in [1.54, 1.807) is 0 Å². The van der Waals surface area contributed by atoms with Crippen molar-refractivity contribution >= 4 is 16.9 Å². The van der Waals surface area contributed by atoms with Crippen molar-refractivity contribution in [2.75, 3.05) is 40.3 Å². The number of aromatic nitrogens is 1. The number of hydrogen-bond donors (Lipinski definition) is 1. The van der Waals surface area contributed by atoms with Gasteiger partial charge in [0.05, 0.1) is 0 Å². The maximum atomic E-state index is 12.2. The fraction of sp³-hybridized carbons (Fsp3) is 0.526. The average Bonchev–Trinajstić information content (AvgIpc) is 3.18. The largest absolute Gasteiger partial charge is 0.347 e. The van der Waals surface area contributed by atoms with Gasteiger partial charge in [-0.15, -0.1) is 0 Å². The van der Waals surface area contributed by atoms with Crippen LogP contribution in [0.25, 0.3) is 10.9 Å². The molecule has 1 aliphatic heterocycles. The van der Waals surface area contributed by atoms with Crippen LogP contribution in [0.4, 0.5) is 4.79 Å². The van der Waals surface area contributed by atoms with Crippen molar-refractivity contribution in [3.63, 3.8) is 0 Å². The number of rotatable bonds is 6. The van der Waals surface area contributed by atoms with Gasteiger partial charge in [-0.05, 0) is 50.4 Å². The normalized spacial score (nSPS) is 17.8. The molecule has 1 aromatic carbocycles. The highest BCUT2D eigenvalue weighted by Gasteiger charge is 2.26. The Hall–Kier alpha value is -2.01. The fourth-order valence-electron chi connectivity index (χ4n) is 3.57. The second-order valence-corrected chi connectivity index (χ2v) is 7.02. The van der Waals surface area contributed by atoms with Gasteiger partial charge in [0.2, 0.25) is 0 Å². The van der Waals surface area contributed by atoms with Gasteiger partial charge in [0.25, 0.3) is 0 Å². The minimum Gasteiger partial charge on any atom is -0.347 e. The Bertz CT molecular complexity index is 679. The number of nitrogens with zero attached hydrogens (tertiary/aromatic N) is 3. The number of urea groups is 1. The summed E-state index contributed by atoms with van der Waals surface area (Å²) in [7, 11) is 4.18. The highest BCUT2D eigenvalue weighted by Crippen LogP contribution is 2.17. The van der Waals surface area contributed by atoms with Gasteiger partial charge in [-0.25, -0.2) is 4.79 Å². The minimum absolute atomic E-state index is 0.0913. The number of carbonyl (C=O) groups is 1. The van der Waals surface area contributed by atoms with Crippen molar-refractivity contribution in [2.24, 2.45) is 5.92 Å². The highest BCUT2D eigenvalue weighted by molar-refractivity contribution is 5.79. The summed E-state index contributed by atoms with van der Waals surface area (Å²) in [5.74, 6) is 0.608. The molecule has 1 atom stereocenters. The monoisotopic (exact) mass is 328 g/mol. The van der Waals surface area contributed by atoms with Crippen molar-refractivity contribution in [1.29, 1.82) is 0 Å². The zero-order valence-electron chi connectivity index (χ0n) is 14.7. The second-order valence-electron chi connectivity index (χ2n) is 7.02. The van der Waals surface area contributed by atoms with E-state index in [0.29, 0.717) is 5.92 Å². The Labute approximate surface area is 144 Å². The number of likely N-dealkylation sites (tertiary alicyclic amines) is 1. The van der Waals surface area contributed by atoms with Crippen LogP contribution >= 0.6 is 0 Å². The Morgan fingerprint density at radius 3 is 2.96 bits per heavy atom. The molecule has 1 fully saturated rings. The van der Waals surface area contributed by atoms with Gasteiger partial charge in [0, 0.05) is 44.4 Å². The summed E-state index contributed by atoms with van der Waals surface area (Å²) in [5.41, 5.74) is 1.26. The molecule has 1 aliphatic rings. The van der Waals surface area contributed by atoms with Crippen LogP contribution in [0.15, 0.2) is 36.5 Å². The molecule has 0 unspecified atom stereocenters. The Morgan fingerprint density at radius 2 is 2.12 bits per heavy atom. The smallest absolute Gasteiger partial charge is 0.317 e. The lowest BCUT2D eigenvalue weighted by atomic mass is 10.1. The summed E-state index contributed by atoms with van der Waals surface area (Å²) >= 11 is 0. The Balaban J connectivity index is 1.40. The molecule has 1 aromatic heterocycles. The number of nitrogens with one attached hydrogen (secondary N) is 1. The van der Waals surface area contributed by atoms with Crippen molar-refractivity contribution in [3.05, 3.63) is 36.5 Å². The third-order valence-corrected chi connectivity index (χ3v) is 4.73. The number of carbonyl (C=O) groups excluding carboxylic acids is 1. The first-order valence-electron chi connectivity index (χ1n) is 8.85. The average molecular weight is 328 g/mol. The molecular formula is C19H28N4O. The minimum atomic E-state index is 0.0913. The van der Waals surface area contributed by atoms with Gasteiger partial charge in [0.1, 0.15) is 0 Å². The van der Waals surface area contributed by atoms with Crippen LogP contribution in [-0.4, -0.2) is 60.7 Å². The SMILES string of the molecule is CN(C)C[C@@H]1CCN(C(=O)NCCCn2ccc3ccccc32)C1. The molecule has 130 valence electrons. The van der Waals surface area contributed by atoms with E-state index in [1.807, 2.05) is 4.90 Å². The Morgan fingerprint density at radius 1 is 1.29 bits per heavy atom. The van der Waals surface area contributed by atoms with E-state index in [1.165, 1.54) is 10.9 Å². The van der Waals surface area contributed by atoms with Crippen LogP contribution < -0.4 is 5.32 Å². The van der Waals surface area contributed by atoms with Crippen molar-refractivity contribution in [1.82, 2.24) is 19.7 Å². The molecule has 3 rings (SSSR count). The number of hydrogen-bond acceptors (Lipinski definition) is 2. The molecule has 24 heavy (non-hydrogen) atoms. The number of amides is 2. The molecule has 0 saturated carbocycles. The predicted molar refractivity (Wildman–Crippen MR) is 98.2 cm³/mol.